The molecule has 0 aliphatic rings. The van der Waals surface area contributed by atoms with Crippen molar-refractivity contribution in [3.05, 3.63) is 59.1 Å². The molecule has 1 heterocycles. The lowest BCUT2D eigenvalue weighted by Gasteiger charge is -2.14. The van der Waals surface area contributed by atoms with Crippen LogP contribution in [0.15, 0.2) is 34.7 Å². The molecule has 1 aromatic heterocycles. The second kappa shape index (κ2) is 5.29. The van der Waals surface area contributed by atoms with E-state index in [0.717, 1.165) is 24.0 Å². The van der Waals surface area contributed by atoms with E-state index in [1.807, 2.05) is 0 Å². The molecule has 0 aliphatic heterocycles. The van der Waals surface area contributed by atoms with Gasteiger partial charge in [-0.3, -0.25) is 5.84 Å². The summed E-state index contributed by atoms with van der Waals surface area (Å²) in [4.78, 5) is 0. The summed E-state index contributed by atoms with van der Waals surface area (Å²) < 4.78 is 32.0. The number of hydrogen-bond acceptors (Lipinski definition) is 3. The fourth-order valence-corrected chi connectivity index (χ4v) is 1.80. The van der Waals surface area contributed by atoms with Crippen LogP contribution in [0.3, 0.4) is 0 Å². The molecule has 0 aliphatic carbocycles. The van der Waals surface area contributed by atoms with Crippen LogP contribution in [-0.2, 0) is 6.42 Å². The van der Waals surface area contributed by atoms with E-state index in [9.17, 15) is 8.78 Å². The summed E-state index contributed by atoms with van der Waals surface area (Å²) in [6.07, 6.45) is 0.215. The van der Waals surface area contributed by atoms with Gasteiger partial charge in [0.05, 0.1) is 6.04 Å². The van der Waals surface area contributed by atoms with E-state index in [4.69, 9.17) is 10.3 Å². The number of hydrogen-bond donors (Lipinski definition) is 2. The molecular weight excluding hydrogens is 238 g/mol. The zero-order valence-corrected chi connectivity index (χ0v) is 9.91. The van der Waals surface area contributed by atoms with Gasteiger partial charge in [0.25, 0.3) is 0 Å². The van der Waals surface area contributed by atoms with Crippen molar-refractivity contribution in [1.82, 2.24) is 5.43 Å². The van der Waals surface area contributed by atoms with Crippen LogP contribution < -0.4 is 11.3 Å². The number of nitrogens with one attached hydrogen (secondary N) is 1. The van der Waals surface area contributed by atoms with Crippen LogP contribution in [0.5, 0.6) is 0 Å². The number of benzene rings is 1. The SMILES string of the molecule is Cc1ccc(C(Cc2cc(F)ccc2F)NN)o1. The Bertz CT molecular complexity index is 540. The highest BCUT2D eigenvalue weighted by molar-refractivity contribution is 5.22. The minimum Gasteiger partial charge on any atom is -0.465 e. The standard InChI is InChI=1S/C13H14F2N2O/c1-8-2-5-13(18-8)12(17-16)7-9-6-10(14)3-4-11(9)15/h2-6,12,17H,7,16H2,1H3. The first-order valence-electron chi connectivity index (χ1n) is 5.56. The maximum Gasteiger partial charge on any atom is 0.126 e. The normalized spacial score (nSPS) is 12.7. The zero-order valence-electron chi connectivity index (χ0n) is 9.91. The molecule has 3 nitrogen and oxygen atoms in total. The molecule has 1 atom stereocenters. The number of hydrazine groups is 1. The van der Waals surface area contributed by atoms with Crippen molar-refractivity contribution in [3.8, 4) is 0 Å². The second-order valence-corrected chi connectivity index (χ2v) is 4.11. The molecule has 18 heavy (non-hydrogen) atoms. The molecule has 1 aromatic carbocycles. The van der Waals surface area contributed by atoms with Crippen LogP contribution in [0.4, 0.5) is 8.78 Å². The first-order valence-corrected chi connectivity index (χ1v) is 5.56. The molecule has 2 rings (SSSR count). The fourth-order valence-electron chi connectivity index (χ4n) is 1.80. The Hall–Kier alpha value is -1.72. The Morgan fingerprint density at radius 1 is 1.28 bits per heavy atom. The van der Waals surface area contributed by atoms with Crippen molar-refractivity contribution in [2.75, 3.05) is 0 Å². The quantitative estimate of drug-likeness (QED) is 0.649. The largest absolute Gasteiger partial charge is 0.465 e. The Morgan fingerprint density at radius 2 is 2.06 bits per heavy atom. The second-order valence-electron chi connectivity index (χ2n) is 4.11. The maximum atomic E-state index is 13.5. The van der Waals surface area contributed by atoms with E-state index in [0.29, 0.717) is 5.76 Å². The van der Waals surface area contributed by atoms with Gasteiger partial charge >= 0.3 is 0 Å². The van der Waals surface area contributed by atoms with Gasteiger partial charge in [0.2, 0.25) is 0 Å². The van der Waals surface area contributed by atoms with E-state index >= 15 is 0 Å². The van der Waals surface area contributed by atoms with E-state index < -0.39 is 17.7 Å². The Morgan fingerprint density at radius 3 is 2.67 bits per heavy atom. The first kappa shape index (κ1) is 12.7. The van der Waals surface area contributed by atoms with Crippen LogP contribution in [0, 0.1) is 18.6 Å². The number of nitrogens with two attached hydrogens (primary N) is 1. The fraction of sp³-hybridized carbons (Fsp3) is 0.231. The minimum atomic E-state index is -0.474. The topological polar surface area (TPSA) is 51.2 Å². The summed E-state index contributed by atoms with van der Waals surface area (Å²) >= 11 is 0. The van der Waals surface area contributed by atoms with Crippen molar-refractivity contribution in [1.29, 1.82) is 0 Å². The third-order valence-corrected chi connectivity index (χ3v) is 2.74. The molecule has 0 fully saturated rings. The molecule has 0 saturated carbocycles. The van der Waals surface area contributed by atoms with Gasteiger partial charge in [0.15, 0.2) is 0 Å². The molecular formula is C13H14F2N2O. The predicted octanol–water partition coefficient (Wildman–Crippen LogP) is 2.61. The highest BCUT2D eigenvalue weighted by Crippen LogP contribution is 2.22. The predicted molar refractivity (Wildman–Crippen MR) is 63.6 cm³/mol. The third-order valence-electron chi connectivity index (χ3n) is 2.74. The Labute approximate surface area is 104 Å². The number of furan rings is 1. The lowest BCUT2D eigenvalue weighted by Crippen LogP contribution is -2.29. The van der Waals surface area contributed by atoms with Crippen molar-refractivity contribution < 1.29 is 13.2 Å². The van der Waals surface area contributed by atoms with Gasteiger partial charge in [0.1, 0.15) is 23.2 Å². The smallest absolute Gasteiger partial charge is 0.126 e. The van der Waals surface area contributed by atoms with Crippen molar-refractivity contribution in [2.24, 2.45) is 5.84 Å². The monoisotopic (exact) mass is 252 g/mol. The maximum absolute atomic E-state index is 13.5. The van der Waals surface area contributed by atoms with Crippen molar-refractivity contribution >= 4 is 0 Å². The summed E-state index contributed by atoms with van der Waals surface area (Å²) in [5.41, 5.74) is 2.80. The highest BCUT2D eigenvalue weighted by Gasteiger charge is 2.16. The summed E-state index contributed by atoms with van der Waals surface area (Å²) in [6.45, 7) is 1.81. The first-order chi connectivity index (χ1) is 8.60. The number of rotatable bonds is 4. The van der Waals surface area contributed by atoms with Crippen LogP contribution in [0.2, 0.25) is 0 Å². The van der Waals surface area contributed by atoms with E-state index in [-0.39, 0.29) is 12.0 Å². The minimum absolute atomic E-state index is 0.215. The summed E-state index contributed by atoms with van der Waals surface area (Å²) in [6, 6.07) is 6.51. The van der Waals surface area contributed by atoms with Crippen molar-refractivity contribution in [2.45, 2.75) is 19.4 Å². The third kappa shape index (κ3) is 2.75. The van der Waals surface area contributed by atoms with Gasteiger partial charge < -0.3 is 4.42 Å². The Kier molecular flexibility index (Phi) is 3.74. The van der Waals surface area contributed by atoms with Gasteiger partial charge in [0, 0.05) is 0 Å². The Balaban J connectivity index is 2.22. The molecule has 1 unspecified atom stereocenters. The zero-order chi connectivity index (χ0) is 13.1. The van der Waals surface area contributed by atoms with Crippen LogP contribution in [-0.4, -0.2) is 0 Å². The lowest BCUT2D eigenvalue weighted by atomic mass is 10.0. The van der Waals surface area contributed by atoms with E-state index in [2.05, 4.69) is 5.43 Å². The molecule has 0 bridgehead atoms. The van der Waals surface area contributed by atoms with Crippen LogP contribution in [0.1, 0.15) is 23.1 Å². The van der Waals surface area contributed by atoms with Crippen LogP contribution >= 0.6 is 0 Å². The molecule has 0 radical (unpaired) electrons. The average Bonchev–Trinajstić information content (AvgIpc) is 2.77. The molecule has 5 heteroatoms. The lowest BCUT2D eigenvalue weighted by molar-refractivity contribution is 0.399. The van der Waals surface area contributed by atoms with Gasteiger partial charge in [-0.25, -0.2) is 14.2 Å². The highest BCUT2D eigenvalue weighted by atomic mass is 19.1. The summed E-state index contributed by atoms with van der Waals surface area (Å²) in [5, 5.41) is 0. The van der Waals surface area contributed by atoms with Crippen LogP contribution in [0.25, 0.3) is 0 Å². The van der Waals surface area contributed by atoms with E-state index in [1.54, 1.807) is 19.1 Å². The van der Waals surface area contributed by atoms with E-state index in [1.165, 1.54) is 0 Å². The number of aryl methyl sites for hydroxylation is 1. The molecule has 96 valence electrons. The molecule has 0 saturated heterocycles. The van der Waals surface area contributed by atoms with Gasteiger partial charge in [-0.1, -0.05) is 0 Å². The summed E-state index contributed by atoms with van der Waals surface area (Å²) in [5.74, 6) is 5.83. The van der Waals surface area contributed by atoms with Gasteiger partial charge in [-0.05, 0) is 49.2 Å². The average molecular weight is 252 g/mol. The molecule has 2 aromatic rings. The number of halogens is 2. The molecule has 0 amide bonds. The van der Waals surface area contributed by atoms with Gasteiger partial charge in [-0.15, -0.1) is 0 Å². The van der Waals surface area contributed by atoms with Crippen molar-refractivity contribution in [3.63, 3.8) is 0 Å². The summed E-state index contributed by atoms with van der Waals surface area (Å²) in [7, 11) is 0. The molecule has 3 N–H and O–H groups in total. The van der Waals surface area contributed by atoms with Gasteiger partial charge in [-0.2, -0.15) is 0 Å². The molecule has 0 spiro atoms.